The van der Waals surface area contributed by atoms with Crippen molar-refractivity contribution in [2.75, 3.05) is 6.61 Å². The van der Waals surface area contributed by atoms with Crippen LogP contribution in [0.1, 0.15) is 25.3 Å². The van der Waals surface area contributed by atoms with E-state index in [1.807, 2.05) is 19.1 Å². The van der Waals surface area contributed by atoms with E-state index in [1.165, 1.54) is 10.8 Å². The smallest absolute Gasteiger partial charge is 0.138 e. The highest BCUT2D eigenvalue weighted by Gasteiger charge is 2.33. The maximum atomic E-state index is 11.6. The topological polar surface area (TPSA) is 26.3 Å². The summed E-state index contributed by atoms with van der Waals surface area (Å²) in [5, 5.41) is 2.41. The molecule has 0 spiro atoms. The Hall–Kier alpha value is -1.67. The van der Waals surface area contributed by atoms with Crippen LogP contribution in [0, 0.1) is 0 Å². The normalized spacial score (nSPS) is 24.4. The molecule has 2 aromatic carbocycles. The molecule has 1 saturated heterocycles. The highest BCUT2D eigenvalue weighted by Crippen LogP contribution is 2.34. The largest absolute Gasteiger partial charge is 0.370 e. The van der Waals surface area contributed by atoms with Gasteiger partial charge in [0, 0.05) is 12.8 Å². The standard InChI is InChI=1S/C16H16O2/c1-16(11-15(17)8-9-18-16)14-7-6-12-4-2-3-5-13(12)10-14/h2-7,10H,8-9,11H2,1H3. The summed E-state index contributed by atoms with van der Waals surface area (Å²) in [5.74, 6) is 0.289. The number of ether oxygens (including phenoxy) is 1. The lowest BCUT2D eigenvalue weighted by Gasteiger charge is -2.33. The van der Waals surface area contributed by atoms with Gasteiger partial charge in [-0.05, 0) is 29.3 Å². The minimum atomic E-state index is -0.459. The van der Waals surface area contributed by atoms with E-state index in [9.17, 15) is 4.79 Å². The molecule has 2 heteroatoms. The van der Waals surface area contributed by atoms with E-state index >= 15 is 0 Å². The number of benzene rings is 2. The predicted molar refractivity (Wildman–Crippen MR) is 71.5 cm³/mol. The number of hydrogen-bond acceptors (Lipinski definition) is 2. The maximum absolute atomic E-state index is 11.6. The second-order valence-electron chi connectivity index (χ2n) is 5.11. The van der Waals surface area contributed by atoms with Gasteiger partial charge in [0.25, 0.3) is 0 Å². The van der Waals surface area contributed by atoms with Crippen LogP contribution in [0.5, 0.6) is 0 Å². The van der Waals surface area contributed by atoms with Crippen molar-refractivity contribution in [3.8, 4) is 0 Å². The molecule has 92 valence electrons. The molecule has 0 aliphatic carbocycles. The third kappa shape index (κ3) is 1.93. The van der Waals surface area contributed by atoms with Crippen LogP contribution in [0.25, 0.3) is 10.8 Å². The Balaban J connectivity index is 2.05. The molecular formula is C16H16O2. The van der Waals surface area contributed by atoms with Crippen molar-refractivity contribution >= 4 is 16.6 Å². The fourth-order valence-electron chi connectivity index (χ4n) is 2.61. The van der Waals surface area contributed by atoms with E-state index in [1.54, 1.807) is 0 Å². The Bertz CT molecular complexity index is 603. The SMILES string of the molecule is CC1(c2ccc3ccccc3c2)CC(=O)CCO1. The van der Waals surface area contributed by atoms with Gasteiger partial charge in [-0.15, -0.1) is 0 Å². The molecule has 1 unspecified atom stereocenters. The summed E-state index contributed by atoms with van der Waals surface area (Å²) in [6, 6.07) is 14.5. The van der Waals surface area contributed by atoms with Gasteiger partial charge in [-0.25, -0.2) is 0 Å². The molecule has 0 saturated carbocycles. The average Bonchev–Trinajstić information content (AvgIpc) is 2.38. The van der Waals surface area contributed by atoms with Crippen LogP contribution in [0.3, 0.4) is 0 Å². The minimum Gasteiger partial charge on any atom is -0.370 e. The quantitative estimate of drug-likeness (QED) is 0.763. The molecule has 1 heterocycles. The number of carbonyl (C=O) groups excluding carboxylic acids is 1. The van der Waals surface area contributed by atoms with Gasteiger partial charge in [-0.1, -0.05) is 36.4 Å². The summed E-state index contributed by atoms with van der Waals surface area (Å²) < 4.78 is 5.85. The molecule has 1 aliphatic heterocycles. The van der Waals surface area contributed by atoms with Crippen molar-refractivity contribution in [1.82, 2.24) is 0 Å². The average molecular weight is 240 g/mol. The van der Waals surface area contributed by atoms with E-state index in [2.05, 4.69) is 30.3 Å². The van der Waals surface area contributed by atoms with Crippen LogP contribution < -0.4 is 0 Å². The number of Topliss-reactive ketones (excluding diaryl/α,β-unsaturated/α-hetero) is 1. The molecule has 0 N–H and O–H groups in total. The number of fused-ring (bicyclic) bond motifs is 1. The summed E-state index contributed by atoms with van der Waals surface area (Å²) in [6.07, 6.45) is 1.02. The van der Waals surface area contributed by atoms with Crippen molar-refractivity contribution in [3.63, 3.8) is 0 Å². The van der Waals surface area contributed by atoms with Gasteiger partial charge in [0.05, 0.1) is 12.2 Å². The van der Waals surface area contributed by atoms with Gasteiger partial charge in [0.15, 0.2) is 0 Å². The van der Waals surface area contributed by atoms with Crippen molar-refractivity contribution < 1.29 is 9.53 Å². The van der Waals surface area contributed by atoms with Crippen molar-refractivity contribution in [2.45, 2.75) is 25.4 Å². The lowest BCUT2D eigenvalue weighted by molar-refractivity contribution is -0.138. The minimum absolute atomic E-state index is 0.289. The molecule has 2 nitrogen and oxygen atoms in total. The molecule has 1 aliphatic rings. The van der Waals surface area contributed by atoms with Crippen LogP contribution in [-0.4, -0.2) is 12.4 Å². The number of rotatable bonds is 1. The van der Waals surface area contributed by atoms with Gasteiger partial charge in [0.2, 0.25) is 0 Å². The third-order valence-corrected chi connectivity index (χ3v) is 3.70. The Morgan fingerprint density at radius 3 is 2.67 bits per heavy atom. The fraction of sp³-hybridized carbons (Fsp3) is 0.312. The molecule has 18 heavy (non-hydrogen) atoms. The number of hydrogen-bond donors (Lipinski definition) is 0. The van der Waals surface area contributed by atoms with Gasteiger partial charge >= 0.3 is 0 Å². The first-order valence-electron chi connectivity index (χ1n) is 6.32. The summed E-state index contributed by atoms with van der Waals surface area (Å²) in [7, 11) is 0. The van der Waals surface area contributed by atoms with Gasteiger partial charge in [-0.3, -0.25) is 4.79 Å². The molecule has 0 aromatic heterocycles. The van der Waals surface area contributed by atoms with Crippen LogP contribution >= 0.6 is 0 Å². The highest BCUT2D eigenvalue weighted by molar-refractivity contribution is 5.84. The summed E-state index contributed by atoms with van der Waals surface area (Å²) in [6.45, 7) is 2.54. The summed E-state index contributed by atoms with van der Waals surface area (Å²) in [4.78, 5) is 11.6. The van der Waals surface area contributed by atoms with Crippen LogP contribution in [0.15, 0.2) is 42.5 Å². The highest BCUT2D eigenvalue weighted by atomic mass is 16.5. The molecule has 0 radical (unpaired) electrons. The van der Waals surface area contributed by atoms with E-state index in [4.69, 9.17) is 4.74 Å². The molecule has 0 amide bonds. The fourth-order valence-corrected chi connectivity index (χ4v) is 2.61. The van der Waals surface area contributed by atoms with E-state index in [-0.39, 0.29) is 5.78 Å². The molecule has 1 atom stereocenters. The summed E-state index contributed by atoms with van der Waals surface area (Å²) >= 11 is 0. The first-order valence-corrected chi connectivity index (χ1v) is 6.32. The van der Waals surface area contributed by atoms with E-state index < -0.39 is 5.60 Å². The van der Waals surface area contributed by atoms with Gasteiger partial charge in [0.1, 0.15) is 5.78 Å². The Kier molecular flexibility index (Phi) is 2.67. The van der Waals surface area contributed by atoms with Crippen LogP contribution in [-0.2, 0) is 15.1 Å². The zero-order chi connectivity index (χ0) is 12.6. The van der Waals surface area contributed by atoms with E-state index in [0.717, 1.165) is 5.56 Å². The molecule has 2 aromatic rings. The van der Waals surface area contributed by atoms with Crippen molar-refractivity contribution in [3.05, 3.63) is 48.0 Å². The van der Waals surface area contributed by atoms with Crippen LogP contribution in [0.2, 0.25) is 0 Å². The van der Waals surface area contributed by atoms with Crippen molar-refractivity contribution in [2.24, 2.45) is 0 Å². The first kappa shape index (κ1) is 11.4. The predicted octanol–water partition coefficient (Wildman–Crippen LogP) is 3.43. The third-order valence-electron chi connectivity index (χ3n) is 3.70. The van der Waals surface area contributed by atoms with E-state index in [0.29, 0.717) is 19.4 Å². The zero-order valence-corrected chi connectivity index (χ0v) is 10.5. The number of carbonyl (C=O) groups is 1. The second kappa shape index (κ2) is 4.21. The maximum Gasteiger partial charge on any atom is 0.138 e. The summed E-state index contributed by atoms with van der Waals surface area (Å²) in [5.41, 5.74) is 0.633. The molecule has 1 fully saturated rings. The lowest BCUT2D eigenvalue weighted by atomic mass is 9.86. The van der Waals surface area contributed by atoms with Gasteiger partial charge < -0.3 is 4.74 Å². The van der Waals surface area contributed by atoms with Gasteiger partial charge in [-0.2, -0.15) is 0 Å². The Labute approximate surface area is 107 Å². The zero-order valence-electron chi connectivity index (χ0n) is 10.5. The first-order chi connectivity index (χ1) is 8.67. The second-order valence-corrected chi connectivity index (χ2v) is 5.11. The lowest BCUT2D eigenvalue weighted by Crippen LogP contribution is -2.34. The number of ketones is 1. The molecule has 0 bridgehead atoms. The Morgan fingerprint density at radius 2 is 1.89 bits per heavy atom. The monoisotopic (exact) mass is 240 g/mol. The Morgan fingerprint density at radius 1 is 1.11 bits per heavy atom. The molecule has 3 rings (SSSR count). The molecular weight excluding hydrogens is 224 g/mol. The van der Waals surface area contributed by atoms with Crippen molar-refractivity contribution in [1.29, 1.82) is 0 Å². The van der Waals surface area contributed by atoms with Crippen LogP contribution in [0.4, 0.5) is 0 Å².